The molecule has 0 aromatic heterocycles. The second kappa shape index (κ2) is 7.61. The Kier molecular flexibility index (Phi) is 6.43. The topological polar surface area (TPSA) is 44.5 Å². The second-order valence-electron chi connectivity index (χ2n) is 4.17. The molecule has 0 amide bonds. The van der Waals surface area contributed by atoms with E-state index in [9.17, 15) is 0 Å². The van der Waals surface area contributed by atoms with Crippen LogP contribution < -0.4 is 5.40 Å². The quantitative estimate of drug-likeness (QED) is 0.724. The molecule has 0 atom stereocenters. The molecule has 0 bridgehead atoms. The van der Waals surface area contributed by atoms with Gasteiger partial charge in [0.2, 0.25) is 0 Å². The van der Waals surface area contributed by atoms with Crippen LogP contribution in [0.1, 0.15) is 32.3 Å². The van der Waals surface area contributed by atoms with Gasteiger partial charge in [-0.05, 0) is 18.4 Å². The van der Waals surface area contributed by atoms with Crippen molar-refractivity contribution in [1.82, 2.24) is 0 Å². The maximum Gasteiger partial charge on any atom is 0.426 e. The van der Waals surface area contributed by atoms with E-state index in [-0.39, 0.29) is 0 Å². The highest BCUT2D eigenvalue weighted by atomic mass is 28.4. The van der Waals surface area contributed by atoms with Crippen LogP contribution in [-0.2, 0) is 14.9 Å². The zero-order valence-corrected chi connectivity index (χ0v) is 11.8. The average molecular weight is 253 g/mol. The first kappa shape index (κ1) is 14.4. The Balaban J connectivity index is 2.61. The van der Waals surface area contributed by atoms with Crippen LogP contribution in [0.5, 0.6) is 0 Å². The molecule has 96 valence electrons. The smallest absolute Gasteiger partial charge is 0.383 e. The highest BCUT2D eigenvalue weighted by Gasteiger charge is 2.33. The third-order valence-corrected chi connectivity index (χ3v) is 4.68. The molecular formula is C13H23NO2Si. The van der Waals surface area contributed by atoms with Gasteiger partial charge in [-0.3, -0.25) is 0 Å². The van der Waals surface area contributed by atoms with Gasteiger partial charge in [0.15, 0.2) is 0 Å². The van der Waals surface area contributed by atoms with Gasteiger partial charge in [0.05, 0.1) is 0 Å². The number of nitrogens with two attached hydrogens (primary N) is 1. The minimum atomic E-state index is -2.53. The monoisotopic (exact) mass is 253 g/mol. The largest absolute Gasteiger partial charge is 0.426 e. The summed E-state index contributed by atoms with van der Waals surface area (Å²) in [7, 11) is -2.53. The van der Waals surface area contributed by atoms with Gasteiger partial charge in [0.25, 0.3) is 0 Å². The van der Waals surface area contributed by atoms with Gasteiger partial charge in [-0.2, -0.15) is 0 Å². The summed E-state index contributed by atoms with van der Waals surface area (Å²) in [4.78, 5) is 0. The van der Waals surface area contributed by atoms with E-state index in [1.54, 1.807) is 0 Å². The summed E-state index contributed by atoms with van der Waals surface area (Å²) in [5.41, 5.74) is 1.19. The molecule has 4 heteroatoms. The van der Waals surface area contributed by atoms with E-state index in [1.165, 1.54) is 5.56 Å². The molecule has 3 nitrogen and oxygen atoms in total. The second-order valence-corrected chi connectivity index (χ2v) is 6.73. The van der Waals surface area contributed by atoms with Crippen molar-refractivity contribution in [3.8, 4) is 0 Å². The summed E-state index contributed by atoms with van der Waals surface area (Å²) in [6, 6.07) is 10.9. The molecule has 0 radical (unpaired) electrons. The molecule has 0 heterocycles. The first-order valence-electron chi connectivity index (χ1n) is 6.31. The summed E-state index contributed by atoms with van der Waals surface area (Å²) in [6.07, 6.45) is 1.94. The maximum absolute atomic E-state index is 6.30. The normalized spacial score (nSPS) is 11.7. The maximum atomic E-state index is 6.30. The summed E-state index contributed by atoms with van der Waals surface area (Å²) in [5, 5.41) is 6.30. The molecular weight excluding hydrogens is 230 g/mol. The molecule has 0 aliphatic carbocycles. The molecule has 1 aromatic rings. The van der Waals surface area contributed by atoms with Crippen molar-refractivity contribution in [2.45, 2.75) is 32.7 Å². The van der Waals surface area contributed by atoms with Crippen molar-refractivity contribution in [2.24, 2.45) is 5.40 Å². The lowest BCUT2D eigenvalue weighted by atomic mass is 10.2. The van der Waals surface area contributed by atoms with Crippen molar-refractivity contribution in [1.29, 1.82) is 0 Å². The van der Waals surface area contributed by atoms with E-state index in [4.69, 9.17) is 14.3 Å². The molecule has 0 saturated carbocycles. The molecule has 0 saturated heterocycles. The third-order valence-electron chi connectivity index (χ3n) is 2.39. The van der Waals surface area contributed by atoms with Crippen LogP contribution in [0, 0.1) is 0 Å². The summed E-state index contributed by atoms with van der Waals surface area (Å²) >= 11 is 0. The van der Waals surface area contributed by atoms with E-state index in [0.717, 1.165) is 12.8 Å². The molecule has 0 unspecified atom stereocenters. The lowest BCUT2D eigenvalue weighted by Gasteiger charge is -2.25. The fraction of sp³-hybridized carbons (Fsp3) is 0.538. The van der Waals surface area contributed by atoms with Crippen LogP contribution in [0.25, 0.3) is 0 Å². The van der Waals surface area contributed by atoms with E-state index >= 15 is 0 Å². The van der Waals surface area contributed by atoms with Crippen molar-refractivity contribution in [3.63, 3.8) is 0 Å². The van der Waals surface area contributed by atoms with Gasteiger partial charge >= 0.3 is 8.72 Å². The first-order valence-corrected chi connectivity index (χ1v) is 8.41. The van der Waals surface area contributed by atoms with Crippen LogP contribution in [0.2, 0.25) is 0 Å². The van der Waals surface area contributed by atoms with Crippen molar-refractivity contribution in [3.05, 3.63) is 35.9 Å². The molecule has 0 aliphatic heterocycles. The lowest BCUT2D eigenvalue weighted by molar-refractivity contribution is 0.167. The zero-order valence-electron chi connectivity index (χ0n) is 10.8. The summed E-state index contributed by atoms with van der Waals surface area (Å²) < 4.78 is 11.6. The van der Waals surface area contributed by atoms with E-state index in [0.29, 0.717) is 19.3 Å². The molecule has 1 aromatic carbocycles. The Morgan fingerprint density at radius 2 is 1.53 bits per heavy atom. The van der Waals surface area contributed by atoms with E-state index < -0.39 is 8.72 Å². The predicted molar refractivity (Wildman–Crippen MR) is 72.6 cm³/mol. The SMILES string of the molecule is CCCO[Si](N)(Cc1ccccc1)OCCC. The van der Waals surface area contributed by atoms with Crippen LogP contribution in [-0.4, -0.2) is 21.9 Å². The summed E-state index contributed by atoms with van der Waals surface area (Å²) in [5.74, 6) is 0. The minimum Gasteiger partial charge on any atom is -0.383 e. The highest BCUT2D eigenvalue weighted by Crippen LogP contribution is 2.11. The van der Waals surface area contributed by atoms with Crippen LogP contribution in [0.4, 0.5) is 0 Å². The molecule has 2 N–H and O–H groups in total. The Bertz CT molecular complexity index is 298. The van der Waals surface area contributed by atoms with Gasteiger partial charge in [-0.25, -0.2) is 0 Å². The van der Waals surface area contributed by atoms with Gasteiger partial charge in [-0.1, -0.05) is 44.2 Å². The van der Waals surface area contributed by atoms with Gasteiger partial charge in [0.1, 0.15) is 0 Å². The number of benzene rings is 1. The fourth-order valence-electron chi connectivity index (χ4n) is 1.57. The first-order chi connectivity index (χ1) is 8.20. The van der Waals surface area contributed by atoms with Crippen LogP contribution in [0.3, 0.4) is 0 Å². The van der Waals surface area contributed by atoms with Crippen LogP contribution in [0.15, 0.2) is 30.3 Å². The molecule has 17 heavy (non-hydrogen) atoms. The zero-order chi connectivity index (χ0) is 12.6. The lowest BCUT2D eigenvalue weighted by Crippen LogP contribution is -2.55. The Morgan fingerprint density at radius 1 is 1.00 bits per heavy atom. The highest BCUT2D eigenvalue weighted by molar-refractivity contribution is 6.63. The van der Waals surface area contributed by atoms with Gasteiger partial charge in [-0.15, -0.1) is 0 Å². The van der Waals surface area contributed by atoms with Gasteiger partial charge < -0.3 is 14.3 Å². The average Bonchev–Trinajstić information content (AvgIpc) is 2.35. The van der Waals surface area contributed by atoms with Crippen molar-refractivity contribution >= 4 is 8.72 Å². The van der Waals surface area contributed by atoms with E-state index in [1.807, 2.05) is 18.2 Å². The number of hydrogen-bond donors (Lipinski definition) is 1. The van der Waals surface area contributed by atoms with Crippen molar-refractivity contribution < 1.29 is 8.85 Å². The predicted octanol–water partition coefficient (Wildman–Crippen LogP) is 2.52. The van der Waals surface area contributed by atoms with E-state index in [2.05, 4.69) is 26.0 Å². The Morgan fingerprint density at radius 3 is 2.00 bits per heavy atom. The minimum absolute atomic E-state index is 0.680. The summed E-state index contributed by atoms with van der Waals surface area (Å²) in [6.45, 7) is 5.52. The molecule has 0 spiro atoms. The number of hydrogen-bond acceptors (Lipinski definition) is 3. The van der Waals surface area contributed by atoms with Crippen LogP contribution >= 0.6 is 0 Å². The molecule has 0 aliphatic rings. The number of rotatable bonds is 8. The third kappa shape index (κ3) is 5.45. The van der Waals surface area contributed by atoms with Gasteiger partial charge in [0, 0.05) is 19.3 Å². The standard InChI is InChI=1S/C13H23NO2Si/c1-3-10-15-17(14,16-11-4-2)12-13-8-6-5-7-9-13/h5-9H,3-4,10-12,14H2,1-2H3. The molecule has 0 fully saturated rings. The fourth-order valence-corrected chi connectivity index (χ4v) is 3.77. The van der Waals surface area contributed by atoms with Crippen molar-refractivity contribution in [2.75, 3.05) is 13.2 Å². The molecule has 1 rings (SSSR count). The Hall–Kier alpha value is -0.683. The Labute approximate surface area is 105 Å².